The maximum atomic E-state index is 12.1. The number of fused-ring (bicyclic) bond motifs is 2. The first-order chi connectivity index (χ1) is 8.78. The Bertz CT molecular complexity index is 434. The highest BCUT2D eigenvalue weighted by Crippen LogP contribution is 2.29. The minimum Gasteiger partial charge on any atom is -0.481 e. The van der Waals surface area contributed by atoms with Crippen molar-refractivity contribution >= 4 is 11.7 Å². The molecule has 6 nitrogen and oxygen atoms in total. The van der Waals surface area contributed by atoms with Gasteiger partial charge >= 0.3 is 6.03 Å². The predicted molar refractivity (Wildman–Crippen MR) is 66.7 cm³/mol. The number of rotatable bonds is 2. The first-order valence-corrected chi connectivity index (χ1v) is 6.08. The summed E-state index contributed by atoms with van der Waals surface area (Å²) < 4.78 is 4.97. The summed E-state index contributed by atoms with van der Waals surface area (Å²) in [5.74, 6) is 0.540. The minimum atomic E-state index is -0.0373. The summed E-state index contributed by atoms with van der Waals surface area (Å²) in [5, 5.41) is 6.16. The fraction of sp³-hybridized carbons (Fsp3) is 0.500. The van der Waals surface area contributed by atoms with Crippen molar-refractivity contribution < 1.29 is 9.53 Å². The van der Waals surface area contributed by atoms with Crippen LogP contribution in [0.25, 0.3) is 0 Å². The molecule has 2 atom stereocenters. The topological polar surface area (TPSA) is 66.5 Å². The third-order valence-electron chi connectivity index (χ3n) is 3.52. The summed E-state index contributed by atoms with van der Waals surface area (Å²) in [6.07, 6.45) is 2.71. The lowest BCUT2D eigenvalue weighted by atomic mass is 9.89. The molecule has 2 aliphatic heterocycles. The van der Waals surface area contributed by atoms with Crippen LogP contribution in [-0.4, -0.2) is 48.2 Å². The van der Waals surface area contributed by atoms with Crippen LogP contribution in [0.3, 0.4) is 0 Å². The van der Waals surface area contributed by atoms with Gasteiger partial charge in [-0.15, -0.1) is 0 Å². The van der Waals surface area contributed by atoms with Crippen molar-refractivity contribution in [2.75, 3.05) is 25.5 Å². The molecule has 18 heavy (non-hydrogen) atoms. The van der Waals surface area contributed by atoms with Gasteiger partial charge in [0.05, 0.1) is 19.0 Å². The van der Waals surface area contributed by atoms with Crippen molar-refractivity contribution in [2.24, 2.45) is 0 Å². The molecule has 2 bridgehead atoms. The molecule has 96 valence electrons. The van der Waals surface area contributed by atoms with Gasteiger partial charge in [0.15, 0.2) is 0 Å². The molecule has 2 saturated heterocycles. The predicted octanol–water partition coefficient (Wildman–Crippen LogP) is 0.668. The van der Waals surface area contributed by atoms with Crippen LogP contribution < -0.4 is 15.4 Å². The second kappa shape index (κ2) is 4.45. The first kappa shape index (κ1) is 11.3. The van der Waals surface area contributed by atoms with Crippen LogP contribution in [0, 0.1) is 0 Å². The molecule has 0 spiro atoms. The van der Waals surface area contributed by atoms with Gasteiger partial charge in [0, 0.05) is 31.2 Å². The second-order valence-electron chi connectivity index (χ2n) is 4.63. The molecule has 0 aromatic carbocycles. The number of piperazine rings is 1. The van der Waals surface area contributed by atoms with Gasteiger partial charge in [0.25, 0.3) is 0 Å². The number of methoxy groups -OCH3 is 1. The van der Waals surface area contributed by atoms with Crippen molar-refractivity contribution in [1.29, 1.82) is 0 Å². The molecule has 1 aromatic rings. The number of urea groups is 1. The van der Waals surface area contributed by atoms with E-state index in [0.29, 0.717) is 23.7 Å². The lowest BCUT2D eigenvalue weighted by molar-refractivity contribution is 0.0309. The van der Waals surface area contributed by atoms with E-state index in [9.17, 15) is 4.79 Å². The number of hydrogen-bond donors (Lipinski definition) is 2. The molecule has 3 heterocycles. The summed E-state index contributed by atoms with van der Waals surface area (Å²) in [6, 6.07) is 4.17. The molecule has 2 fully saturated rings. The third-order valence-corrected chi connectivity index (χ3v) is 3.52. The van der Waals surface area contributed by atoms with E-state index in [1.807, 2.05) is 4.90 Å². The zero-order chi connectivity index (χ0) is 12.5. The summed E-state index contributed by atoms with van der Waals surface area (Å²) in [5.41, 5.74) is 0.693. The largest absolute Gasteiger partial charge is 0.481 e. The molecule has 6 heteroatoms. The smallest absolute Gasteiger partial charge is 0.322 e. The fourth-order valence-corrected chi connectivity index (χ4v) is 2.58. The Morgan fingerprint density at radius 1 is 1.50 bits per heavy atom. The van der Waals surface area contributed by atoms with Crippen molar-refractivity contribution in [3.8, 4) is 5.88 Å². The molecule has 2 N–H and O–H groups in total. The van der Waals surface area contributed by atoms with Crippen molar-refractivity contribution in [3.05, 3.63) is 18.3 Å². The molecule has 0 aliphatic carbocycles. The van der Waals surface area contributed by atoms with Gasteiger partial charge < -0.3 is 20.3 Å². The fourth-order valence-electron chi connectivity index (χ4n) is 2.58. The summed E-state index contributed by atoms with van der Waals surface area (Å²) in [7, 11) is 1.56. The Morgan fingerprint density at radius 3 is 2.83 bits per heavy atom. The van der Waals surface area contributed by atoms with Crippen LogP contribution in [-0.2, 0) is 0 Å². The summed E-state index contributed by atoms with van der Waals surface area (Å²) >= 11 is 0. The number of nitrogens with one attached hydrogen (secondary N) is 2. The zero-order valence-corrected chi connectivity index (χ0v) is 10.2. The Morgan fingerprint density at radius 2 is 2.28 bits per heavy atom. The van der Waals surface area contributed by atoms with E-state index in [2.05, 4.69) is 15.6 Å². The molecular formula is C12H16N4O2. The lowest BCUT2D eigenvalue weighted by Crippen LogP contribution is -2.70. The number of carbonyl (C=O) groups is 1. The number of nitrogens with zero attached hydrogens (tertiary/aromatic N) is 2. The van der Waals surface area contributed by atoms with E-state index >= 15 is 0 Å². The number of amides is 2. The van der Waals surface area contributed by atoms with Crippen molar-refractivity contribution in [1.82, 2.24) is 15.2 Å². The van der Waals surface area contributed by atoms with Gasteiger partial charge in [0.2, 0.25) is 5.88 Å². The van der Waals surface area contributed by atoms with E-state index in [0.717, 1.165) is 19.5 Å². The average Bonchev–Trinajstić information content (AvgIpc) is 2.40. The molecular weight excluding hydrogens is 232 g/mol. The third kappa shape index (κ3) is 1.88. The maximum absolute atomic E-state index is 12.1. The van der Waals surface area contributed by atoms with Crippen LogP contribution >= 0.6 is 0 Å². The average molecular weight is 248 g/mol. The first-order valence-electron chi connectivity index (χ1n) is 6.08. The van der Waals surface area contributed by atoms with Crippen molar-refractivity contribution in [3.63, 3.8) is 0 Å². The quantitative estimate of drug-likeness (QED) is 0.807. The molecule has 2 amide bonds. The van der Waals surface area contributed by atoms with Crippen LogP contribution in [0.5, 0.6) is 5.88 Å². The number of pyridine rings is 1. The van der Waals surface area contributed by atoms with E-state index in [-0.39, 0.29) is 6.03 Å². The molecule has 1 aromatic heterocycles. The number of aromatic nitrogens is 1. The SMILES string of the molecule is COc1ccc(NC(=O)N2C3CNCC2C3)cn1. The van der Waals surface area contributed by atoms with Crippen LogP contribution in [0.15, 0.2) is 18.3 Å². The van der Waals surface area contributed by atoms with E-state index in [1.54, 1.807) is 25.4 Å². The highest BCUT2D eigenvalue weighted by Gasteiger charge is 2.44. The second-order valence-corrected chi connectivity index (χ2v) is 4.63. The van der Waals surface area contributed by atoms with Crippen molar-refractivity contribution in [2.45, 2.75) is 18.5 Å². The van der Waals surface area contributed by atoms with Gasteiger partial charge in [-0.25, -0.2) is 9.78 Å². The Kier molecular flexibility index (Phi) is 2.79. The summed E-state index contributed by atoms with van der Waals surface area (Å²) in [6.45, 7) is 1.79. The number of piperidine rings is 1. The maximum Gasteiger partial charge on any atom is 0.322 e. The highest BCUT2D eigenvalue weighted by molar-refractivity contribution is 5.90. The van der Waals surface area contributed by atoms with Gasteiger partial charge in [-0.05, 0) is 12.5 Å². The summed E-state index contributed by atoms with van der Waals surface area (Å²) in [4.78, 5) is 18.1. The monoisotopic (exact) mass is 248 g/mol. The lowest BCUT2D eigenvalue weighted by Gasteiger charge is -2.52. The van der Waals surface area contributed by atoms with Crippen LogP contribution in [0.1, 0.15) is 6.42 Å². The minimum absolute atomic E-state index is 0.0373. The van der Waals surface area contributed by atoms with Gasteiger partial charge in [0.1, 0.15) is 0 Å². The van der Waals surface area contributed by atoms with Gasteiger partial charge in [-0.2, -0.15) is 0 Å². The van der Waals surface area contributed by atoms with Gasteiger partial charge in [-0.1, -0.05) is 0 Å². The number of ether oxygens (including phenoxy) is 1. The number of anilines is 1. The number of carbonyl (C=O) groups excluding carboxylic acids is 1. The zero-order valence-electron chi connectivity index (χ0n) is 10.2. The standard InChI is InChI=1S/C12H16N4O2/c1-18-11-3-2-8(5-14-11)15-12(17)16-9-4-10(16)7-13-6-9/h2-3,5,9-10,13H,4,6-7H2,1H3,(H,15,17). The Balaban J connectivity index is 1.63. The molecule has 3 rings (SSSR count). The van der Waals surface area contributed by atoms with Crippen LogP contribution in [0.2, 0.25) is 0 Å². The van der Waals surface area contributed by atoms with E-state index in [1.165, 1.54) is 0 Å². The highest BCUT2D eigenvalue weighted by atomic mass is 16.5. The molecule has 2 aliphatic rings. The Labute approximate surface area is 105 Å². The molecule has 0 saturated carbocycles. The Hall–Kier alpha value is -1.82. The van der Waals surface area contributed by atoms with E-state index in [4.69, 9.17) is 4.74 Å². The van der Waals surface area contributed by atoms with Gasteiger partial charge in [-0.3, -0.25) is 0 Å². The van der Waals surface area contributed by atoms with E-state index < -0.39 is 0 Å². The number of hydrogen-bond acceptors (Lipinski definition) is 4. The molecule has 2 unspecified atom stereocenters. The molecule has 0 radical (unpaired) electrons. The normalized spacial score (nSPS) is 25.3. The van der Waals surface area contributed by atoms with Crippen LogP contribution in [0.4, 0.5) is 10.5 Å².